The highest BCUT2D eigenvalue weighted by Crippen LogP contribution is 2.25. The summed E-state index contributed by atoms with van der Waals surface area (Å²) in [6.07, 6.45) is 1.39. The molecule has 112 valence electrons. The van der Waals surface area contributed by atoms with Crippen LogP contribution in [-0.2, 0) is 9.59 Å². The molecule has 0 spiro atoms. The summed E-state index contributed by atoms with van der Waals surface area (Å²) >= 11 is 0. The van der Waals surface area contributed by atoms with Gasteiger partial charge in [-0.2, -0.15) is 0 Å². The van der Waals surface area contributed by atoms with Gasteiger partial charge in [-0.25, -0.2) is 0 Å². The normalized spacial score (nSPS) is 10.1. The Labute approximate surface area is 126 Å². The molecule has 0 saturated carbocycles. The van der Waals surface area contributed by atoms with Crippen molar-refractivity contribution in [1.29, 1.82) is 0 Å². The number of nitro benzene ring substituents is 1. The quantitative estimate of drug-likeness (QED) is 0.277. The average Bonchev–Trinajstić information content (AvgIpc) is 2.92. The number of ketones is 2. The summed E-state index contributed by atoms with van der Waals surface area (Å²) in [5.41, 5.74) is 0.716. The number of carbonyl (C=O) groups is 2. The lowest BCUT2D eigenvalue weighted by Crippen LogP contribution is -2.05. The zero-order chi connectivity index (χ0) is 16.3. The van der Waals surface area contributed by atoms with Gasteiger partial charge in [0.15, 0.2) is 11.6 Å². The van der Waals surface area contributed by atoms with Crippen molar-refractivity contribution < 1.29 is 18.9 Å². The van der Waals surface area contributed by atoms with Crippen molar-refractivity contribution in [3.05, 3.63) is 57.8 Å². The summed E-state index contributed by atoms with van der Waals surface area (Å²) < 4.78 is 5.55. The molecule has 0 N–H and O–H groups in total. The maximum Gasteiger partial charge on any atom is 0.269 e. The third-order valence-electron chi connectivity index (χ3n) is 3.03. The van der Waals surface area contributed by atoms with Crippen molar-refractivity contribution in [2.75, 3.05) is 0 Å². The van der Waals surface area contributed by atoms with Gasteiger partial charge in [0.2, 0.25) is 0 Å². The molecule has 1 aromatic carbocycles. The van der Waals surface area contributed by atoms with Gasteiger partial charge in [-0.3, -0.25) is 19.7 Å². The van der Waals surface area contributed by atoms with E-state index in [1.165, 1.54) is 32.1 Å². The first-order valence-electron chi connectivity index (χ1n) is 6.46. The molecule has 6 nitrogen and oxygen atoms in total. The summed E-state index contributed by atoms with van der Waals surface area (Å²) in [7, 11) is 0. The Morgan fingerprint density at radius 3 is 2.14 bits per heavy atom. The van der Waals surface area contributed by atoms with E-state index in [0.29, 0.717) is 17.1 Å². The molecule has 6 heteroatoms. The standard InChI is InChI=1S/C16H13NO5/c1-10(18)15(11(2)19)9-14-7-8-16(22-14)12-3-5-13(6-4-12)17(20)21/h3-9H,1-2H3. The highest BCUT2D eigenvalue weighted by atomic mass is 16.6. The van der Waals surface area contributed by atoms with Crippen molar-refractivity contribution in [2.24, 2.45) is 0 Å². The molecule has 2 rings (SSSR count). The zero-order valence-electron chi connectivity index (χ0n) is 12.0. The van der Waals surface area contributed by atoms with E-state index in [9.17, 15) is 19.7 Å². The average molecular weight is 299 g/mol. The third-order valence-corrected chi connectivity index (χ3v) is 3.03. The number of non-ortho nitro benzene ring substituents is 1. The van der Waals surface area contributed by atoms with Crippen LogP contribution in [-0.4, -0.2) is 16.5 Å². The van der Waals surface area contributed by atoms with Gasteiger partial charge in [0.05, 0.1) is 10.5 Å². The molecule has 0 unspecified atom stereocenters. The Kier molecular flexibility index (Phi) is 4.31. The lowest BCUT2D eigenvalue weighted by atomic mass is 10.1. The molecule has 0 radical (unpaired) electrons. The van der Waals surface area contributed by atoms with E-state index in [-0.39, 0.29) is 22.8 Å². The summed E-state index contributed by atoms with van der Waals surface area (Å²) in [6, 6.07) is 9.20. The SMILES string of the molecule is CC(=O)C(=Cc1ccc(-c2ccc([N+](=O)[O-])cc2)o1)C(C)=O. The summed E-state index contributed by atoms with van der Waals surface area (Å²) in [4.78, 5) is 32.9. The van der Waals surface area contributed by atoms with E-state index < -0.39 is 4.92 Å². The lowest BCUT2D eigenvalue weighted by molar-refractivity contribution is -0.384. The Bertz CT molecular complexity index is 752. The number of Topliss-reactive ketones (excluding diaryl/α,β-unsaturated/α-hetero) is 2. The van der Waals surface area contributed by atoms with Gasteiger partial charge in [0, 0.05) is 17.7 Å². The fourth-order valence-corrected chi connectivity index (χ4v) is 1.93. The molecular formula is C16H13NO5. The second kappa shape index (κ2) is 6.17. The van der Waals surface area contributed by atoms with Gasteiger partial charge >= 0.3 is 0 Å². The number of rotatable bonds is 5. The van der Waals surface area contributed by atoms with Crippen LogP contribution < -0.4 is 0 Å². The molecule has 0 atom stereocenters. The van der Waals surface area contributed by atoms with Crippen LogP contribution in [0.1, 0.15) is 19.6 Å². The van der Waals surface area contributed by atoms with Gasteiger partial charge in [0.25, 0.3) is 5.69 Å². The molecule has 0 aliphatic rings. The first kappa shape index (κ1) is 15.4. The molecule has 0 fully saturated rings. The van der Waals surface area contributed by atoms with E-state index in [4.69, 9.17) is 4.42 Å². The largest absolute Gasteiger partial charge is 0.457 e. The molecule has 0 bridgehead atoms. The Morgan fingerprint density at radius 1 is 1.05 bits per heavy atom. The fraction of sp³-hybridized carbons (Fsp3) is 0.125. The Hall–Kier alpha value is -3.02. The summed E-state index contributed by atoms with van der Waals surface area (Å²) in [5.74, 6) is 0.197. The minimum absolute atomic E-state index is 0.00845. The number of nitrogens with zero attached hydrogens (tertiary/aromatic N) is 1. The van der Waals surface area contributed by atoms with Crippen molar-refractivity contribution in [2.45, 2.75) is 13.8 Å². The number of allylic oxidation sites excluding steroid dienone is 1. The van der Waals surface area contributed by atoms with Crippen molar-refractivity contribution in [3.8, 4) is 11.3 Å². The van der Waals surface area contributed by atoms with E-state index in [1.807, 2.05) is 0 Å². The molecule has 0 amide bonds. The molecule has 2 aromatic rings. The smallest absolute Gasteiger partial charge is 0.269 e. The number of hydrogen-bond acceptors (Lipinski definition) is 5. The van der Waals surface area contributed by atoms with E-state index in [0.717, 1.165) is 0 Å². The number of nitro groups is 1. The summed E-state index contributed by atoms with van der Waals surface area (Å²) in [5, 5.41) is 10.6. The van der Waals surface area contributed by atoms with Crippen LogP contribution in [0.2, 0.25) is 0 Å². The van der Waals surface area contributed by atoms with Crippen LogP contribution in [0, 0.1) is 10.1 Å². The van der Waals surface area contributed by atoms with E-state index >= 15 is 0 Å². The van der Waals surface area contributed by atoms with Crippen LogP contribution in [0.25, 0.3) is 17.4 Å². The lowest BCUT2D eigenvalue weighted by Gasteiger charge is -1.98. The van der Waals surface area contributed by atoms with Gasteiger partial charge < -0.3 is 4.42 Å². The second-order valence-electron chi connectivity index (χ2n) is 4.68. The van der Waals surface area contributed by atoms with Crippen molar-refractivity contribution in [3.63, 3.8) is 0 Å². The minimum atomic E-state index is -0.480. The van der Waals surface area contributed by atoms with Crippen molar-refractivity contribution in [1.82, 2.24) is 0 Å². The zero-order valence-corrected chi connectivity index (χ0v) is 12.0. The second-order valence-corrected chi connectivity index (χ2v) is 4.68. The molecule has 1 heterocycles. The number of furan rings is 1. The molecular weight excluding hydrogens is 286 g/mol. The maximum atomic E-state index is 11.4. The highest BCUT2D eigenvalue weighted by molar-refractivity contribution is 6.21. The number of hydrogen-bond donors (Lipinski definition) is 0. The van der Waals surface area contributed by atoms with Crippen LogP contribution in [0.4, 0.5) is 5.69 Å². The Morgan fingerprint density at radius 2 is 1.64 bits per heavy atom. The predicted molar refractivity (Wildman–Crippen MR) is 80.1 cm³/mol. The van der Waals surface area contributed by atoms with Crippen LogP contribution in [0.5, 0.6) is 0 Å². The van der Waals surface area contributed by atoms with Gasteiger partial charge in [-0.05, 0) is 44.2 Å². The molecule has 22 heavy (non-hydrogen) atoms. The molecule has 0 aliphatic carbocycles. The first-order valence-corrected chi connectivity index (χ1v) is 6.46. The van der Waals surface area contributed by atoms with Gasteiger partial charge in [-0.15, -0.1) is 0 Å². The van der Waals surface area contributed by atoms with Crippen LogP contribution in [0.15, 0.2) is 46.4 Å². The van der Waals surface area contributed by atoms with E-state index in [1.54, 1.807) is 24.3 Å². The number of benzene rings is 1. The van der Waals surface area contributed by atoms with E-state index in [2.05, 4.69) is 0 Å². The fourth-order valence-electron chi connectivity index (χ4n) is 1.93. The molecule has 0 aliphatic heterocycles. The minimum Gasteiger partial charge on any atom is -0.457 e. The molecule has 0 saturated heterocycles. The maximum absolute atomic E-state index is 11.4. The number of carbonyl (C=O) groups excluding carboxylic acids is 2. The van der Waals surface area contributed by atoms with Crippen LogP contribution >= 0.6 is 0 Å². The first-order chi connectivity index (χ1) is 10.4. The monoisotopic (exact) mass is 299 g/mol. The Balaban J connectivity index is 2.31. The highest BCUT2D eigenvalue weighted by Gasteiger charge is 2.12. The topological polar surface area (TPSA) is 90.4 Å². The predicted octanol–water partition coefficient (Wildman–Crippen LogP) is 3.42. The summed E-state index contributed by atoms with van der Waals surface area (Å²) in [6.45, 7) is 2.63. The third kappa shape index (κ3) is 3.35. The van der Waals surface area contributed by atoms with Gasteiger partial charge in [-0.1, -0.05) is 0 Å². The molecule has 1 aromatic heterocycles. The van der Waals surface area contributed by atoms with Crippen LogP contribution in [0.3, 0.4) is 0 Å². The van der Waals surface area contributed by atoms with Gasteiger partial charge in [0.1, 0.15) is 11.5 Å². The van der Waals surface area contributed by atoms with Crippen molar-refractivity contribution >= 4 is 23.3 Å².